The van der Waals surface area contributed by atoms with Gasteiger partial charge in [-0.15, -0.1) is 0 Å². The normalized spacial score (nSPS) is 26.8. The highest BCUT2D eigenvalue weighted by atomic mass is 16.5. The second kappa shape index (κ2) is 5.09. The molecule has 0 amide bonds. The SMILES string of the molecule is CC(=O)OC1C=C(C)CC2C(=O)c3cccc(O)c3C(=O)C12. The van der Waals surface area contributed by atoms with Crippen LogP contribution >= 0.6 is 0 Å². The Morgan fingerprint density at radius 3 is 2.68 bits per heavy atom. The second-order valence-corrected chi connectivity index (χ2v) is 5.85. The first kappa shape index (κ1) is 14.5. The Bertz CT molecular complexity index is 716. The molecular weight excluding hydrogens is 284 g/mol. The van der Waals surface area contributed by atoms with Crippen LogP contribution in [0.4, 0.5) is 0 Å². The van der Waals surface area contributed by atoms with Crippen LogP contribution in [0, 0.1) is 11.8 Å². The minimum absolute atomic E-state index is 0.0406. The molecule has 1 aromatic rings. The molecule has 0 radical (unpaired) electrons. The van der Waals surface area contributed by atoms with Gasteiger partial charge in [0.1, 0.15) is 11.9 Å². The Hall–Kier alpha value is -2.43. The van der Waals surface area contributed by atoms with E-state index in [-0.39, 0.29) is 28.4 Å². The van der Waals surface area contributed by atoms with Crippen molar-refractivity contribution in [2.24, 2.45) is 11.8 Å². The van der Waals surface area contributed by atoms with Gasteiger partial charge in [0.15, 0.2) is 11.6 Å². The van der Waals surface area contributed by atoms with Gasteiger partial charge in [0.25, 0.3) is 0 Å². The molecule has 0 spiro atoms. The number of carbonyl (C=O) groups excluding carboxylic acids is 3. The van der Waals surface area contributed by atoms with Crippen LogP contribution < -0.4 is 0 Å². The van der Waals surface area contributed by atoms with Crippen molar-refractivity contribution in [2.45, 2.75) is 26.4 Å². The topological polar surface area (TPSA) is 80.7 Å². The van der Waals surface area contributed by atoms with Gasteiger partial charge in [-0.3, -0.25) is 14.4 Å². The number of allylic oxidation sites excluding steroid dienone is 1. The number of hydrogen-bond donors (Lipinski definition) is 1. The van der Waals surface area contributed by atoms with Crippen molar-refractivity contribution < 1.29 is 24.2 Å². The molecule has 0 aliphatic heterocycles. The lowest BCUT2D eigenvalue weighted by Crippen LogP contribution is -2.46. The fourth-order valence-electron chi connectivity index (χ4n) is 3.41. The number of hydrogen-bond acceptors (Lipinski definition) is 5. The maximum Gasteiger partial charge on any atom is 0.303 e. The molecule has 2 aliphatic carbocycles. The van der Waals surface area contributed by atoms with Crippen LogP contribution in [0.1, 0.15) is 41.0 Å². The van der Waals surface area contributed by atoms with Crippen molar-refractivity contribution in [3.63, 3.8) is 0 Å². The number of ketones is 2. The summed E-state index contributed by atoms with van der Waals surface area (Å²) in [6.45, 7) is 3.12. The van der Waals surface area contributed by atoms with Crippen LogP contribution in [0.15, 0.2) is 29.8 Å². The molecular formula is C17H16O5. The number of fused-ring (bicyclic) bond motifs is 2. The van der Waals surface area contributed by atoms with E-state index >= 15 is 0 Å². The minimum atomic E-state index is -0.763. The van der Waals surface area contributed by atoms with Crippen LogP contribution in [0.5, 0.6) is 5.75 Å². The summed E-state index contributed by atoms with van der Waals surface area (Å²) in [5.41, 5.74) is 1.21. The summed E-state index contributed by atoms with van der Waals surface area (Å²) in [4.78, 5) is 36.8. The number of rotatable bonds is 1. The number of phenolic OH excluding ortho intramolecular Hbond substituents is 1. The van der Waals surface area contributed by atoms with Gasteiger partial charge < -0.3 is 9.84 Å². The van der Waals surface area contributed by atoms with E-state index in [2.05, 4.69) is 0 Å². The summed E-state index contributed by atoms with van der Waals surface area (Å²) in [5.74, 6) is -2.54. The highest BCUT2D eigenvalue weighted by Crippen LogP contribution is 2.42. The fraction of sp³-hybridized carbons (Fsp3) is 0.353. The van der Waals surface area contributed by atoms with Crippen molar-refractivity contribution >= 4 is 17.5 Å². The zero-order chi connectivity index (χ0) is 16.0. The molecule has 0 saturated heterocycles. The van der Waals surface area contributed by atoms with E-state index in [0.29, 0.717) is 6.42 Å². The Morgan fingerprint density at radius 2 is 2.00 bits per heavy atom. The molecule has 1 N–H and O–H groups in total. The van der Waals surface area contributed by atoms with Gasteiger partial charge in [-0.05, 0) is 25.5 Å². The third-order valence-corrected chi connectivity index (χ3v) is 4.27. The maximum atomic E-state index is 12.8. The molecule has 5 nitrogen and oxygen atoms in total. The molecule has 0 fully saturated rings. The van der Waals surface area contributed by atoms with Crippen LogP contribution in [0.2, 0.25) is 0 Å². The fourth-order valence-corrected chi connectivity index (χ4v) is 3.41. The molecule has 0 bridgehead atoms. The zero-order valence-corrected chi connectivity index (χ0v) is 12.3. The molecule has 2 aliphatic rings. The number of phenols is 1. The number of esters is 1. The van der Waals surface area contributed by atoms with Gasteiger partial charge in [-0.1, -0.05) is 17.7 Å². The number of benzene rings is 1. The first-order chi connectivity index (χ1) is 10.4. The molecule has 3 rings (SSSR count). The number of aromatic hydroxyl groups is 1. The maximum absolute atomic E-state index is 12.8. The van der Waals surface area contributed by atoms with Crippen LogP contribution in [-0.4, -0.2) is 28.7 Å². The van der Waals surface area contributed by atoms with E-state index < -0.39 is 23.9 Å². The predicted octanol–water partition coefficient (Wildman–Crippen LogP) is 2.29. The highest BCUT2D eigenvalue weighted by Gasteiger charge is 2.48. The van der Waals surface area contributed by atoms with Crippen molar-refractivity contribution in [3.05, 3.63) is 41.0 Å². The molecule has 22 heavy (non-hydrogen) atoms. The summed E-state index contributed by atoms with van der Waals surface area (Å²) < 4.78 is 5.23. The summed E-state index contributed by atoms with van der Waals surface area (Å²) >= 11 is 0. The summed E-state index contributed by atoms with van der Waals surface area (Å²) in [7, 11) is 0. The lowest BCUT2D eigenvalue weighted by Gasteiger charge is -2.37. The smallest absolute Gasteiger partial charge is 0.303 e. The number of ether oxygens (including phenoxy) is 1. The van der Waals surface area contributed by atoms with E-state index in [1.165, 1.54) is 13.0 Å². The van der Waals surface area contributed by atoms with Crippen LogP contribution in [0.3, 0.4) is 0 Å². The quantitative estimate of drug-likeness (QED) is 0.635. The molecule has 5 heteroatoms. The van der Waals surface area contributed by atoms with Crippen molar-refractivity contribution in [1.29, 1.82) is 0 Å². The molecule has 3 unspecified atom stereocenters. The molecule has 0 saturated carbocycles. The lowest BCUT2D eigenvalue weighted by molar-refractivity contribution is -0.146. The molecule has 114 valence electrons. The second-order valence-electron chi connectivity index (χ2n) is 5.85. The molecule has 3 atom stereocenters. The number of Topliss-reactive ketones (excluding diaryl/α,β-unsaturated/α-hetero) is 2. The van der Waals surface area contributed by atoms with Gasteiger partial charge in [-0.2, -0.15) is 0 Å². The van der Waals surface area contributed by atoms with Gasteiger partial charge in [-0.25, -0.2) is 0 Å². The van der Waals surface area contributed by atoms with Gasteiger partial charge in [0, 0.05) is 18.4 Å². The Kier molecular flexibility index (Phi) is 3.35. The Labute approximate surface area is 127 Å². The molecule has 1 aromatic carbocycles. The first-order valence-corrected chi connectivity index (χ1v) is 7.15. The minimum Gasteiger partial charge on any atom is -0.507 e. The average Bonchev–Trinajstić information content (AvgIpc) is 2.43. The predicted molar refractivity (Wildman–Crippen MR) is 77.7 cm³/mol. The number of carbonyl (C=O) groups is 3. The van der Waals surface area contributed by atoms with Crippen molar-refractivity contribution in [1.82, 2.24) is 0 Å². The Morgan fingerprint density at radius 1 is 1.27 bits per heavy atom. The van der Waals surface area contributed by atoms with Crippen molar-refractivity contribution in [3.8, 4) is 5.75 Å². The molecule has 0 heterocycles. The average molecular weight is 300 g/mol. The van der Waals surface area contributed by atoms with Gasteiger partial charge >= 0.3 is 5.97 Å². The summed E-state index contributed by atoms with van der Waals surface area (Å²) in [5, 5.41) is 9.96. The first-order valence-electron chi connectivity index (χ1n) is 7.15. The van der Waals surface area contributed by atoms with Gasteiger partial charge in [0.2, 0.25) is 0 Å². The third kappa shape index (κ3) is 2.13. The van der Waals surface area contributed by atoms with E-state index in [4.69, 9.17) is 4.74 Å². The van der Waals surface area contributed by atoms with E-state index in [1.807, 2.05) is 6.92 Å². The largest absolute Gasteiger partial charge is 0.507 e. The highest BCUT2D eigenvalue weighted by molar-refractivity contribution is 6.17. The third-order valence-electron chi connectivity index (χ3n) is 4.27. The monoisotopic (exact) mass is 300 g/mol. The van der Waals surface area contributed by atoms with Crippen molar-refractivity contribution in [2.75, 3.05) is 0 Å². The van der Waals surface area contributed by atoms with E-state index in [0.717, 1.165) is 5.57 Å². The summed E-state index contributed by atoms with van der Waals surface area (Å²) in [6.07, 6.45) is 1.42. The standard InChI is InChI=1S/C17H16O5/c1-8-6-11-15(13(7-8)22-9(2)18)17(21)14-10(16(11)20)4-3-5-12(14)19/h3-5,7,11,13,15,19H,6H2,1-2H3. The lowest BCUT2D eigenvalue weighted by atomic mass is 9.66. The van der Waals surface area contributed by atoms with E-state index in [1.54, 1.807) is 18.2 Å². The Balaban J connectivity index is 2.13. The zero-order valence-electron chi connectivity index (χ0n) is 12.3. The van der Waals surface area contributed by atoms with Crippen LogP contribution in [-0.2, 0) is 9.53 Å². The molecule has 0 aromatic heterocycles. The van der Waals surface area contributed by atoms with Gasteiger partial charge in [0.05, 0.1) is 11.5 Å². The van der Waals surface area contributed by atoms with Crippen LogP contribution in [0.25, 0.3) is 0 Å². The summed E-state index contributed by atoms with van der Waals surface area (Å²) in [6, 6.07) is 4.49. The van der Waals surface area contributed by atoms with E-state index in [9.17, 15) is 19.5 Å².